The summed E-state index contributed by atoms with van der Waals surface area (Å²) in [4.78, 5) is 22.0. The zero-order valence-electron chi connectivity index (χ0n) is 8.72. The molecular formula is C11H12N2O3. The maximum absolute atomic E-state index is 11.4. The van der Waals surface area contributed by atoms with E-state index in [1.807, 2.05) is 6.07 Å². The Labute approximate surface area is 92.6 Å². The van der Waals surface area contributed by atoms with Crippen molar-refractivity contribution in [3.8, 4) is 6.07 Å². The highest BCUT2D eigenvalue weighted by Gasteiger charge is 2.04. The highest BCUT2D eigenvalue weighted by molar-refractivity contribution is 5.87. The number of hydrogen-bond acceptors (Lipinski definition) is 3. The summed E-state index contributed by atoms with van der Waals surface area (Å²) in [5.41, 5.74) is -0.324. The molecule has 16 heavy (non-hydrogen) atoms. The molecule has 1 rings (SSSR count). The molecule has 0 spiro atoms. The van der Waals surface area contributed by atoms with Gasteiger partial charge in [0.15, 0.2) is 0 Å². The van der Waals surface area contributed by atoms with Crippen molar-refractivity contribution in [3.63, 3.8) is 0 Å². The molecule has 0 amide bonds. The Morgan fingerprint density at radius 2 is 2.25 bits per heavy atom. The van der Waals surface area contributed by atoms with E-state index in [0.717, 1.165) is 18.9 Å². The molecule has 0 atom stereocenters. The average Bonchev–Trinajstić information content (AvgIpc) is 2.26. The predicted molar refractivity (Wildman–Crippen MR) is 57.1 cm³/mol. The van der Waals surface area contributed by atoms with Crippen molar-refractivity contribution in [1.29, 1.82) is 5.26 Å². The molecule has 5 nitrogen and oxygen atoms in total. The van der Waals surface area contributed by atoms with Crippen molar-refractivity contribution < 1.29 is 9.90 Å². The summed E-state index contributed by atoms with van der Waals surface area (Å²) in [6.45, 7) is 0.514. The Morgan fingerprint density at radius 3 is 2.81 bits per heavy atom. The molecule has 1 heterocycles. The minimum Gasteiger partial charge on any atom is -0.478 e. The fraction of sp³-hybridized carbons (Fsp3) is 0.364. The third-order valence-electron chi connectivity index (χ3n) is 2.18. The average molecular weight is 220 g/mol. The number of rotatable bonds is 5. The second kappa shape index (κ2) is 5.71. The Bertz CT molecular complexity index is 471. The van der Waals surface area contributed by atoms with Gasteiger partial charge < -0.3 is 9.67 Å². The molecule has 0 saturated heterocycles. The lowest BCUT2D eigenvalue weighted by Crippen LogP contribution is -2.20. The van der Waals surface area contributed by atoms with Crippen molar-refractivity contribution in [2.24, 2.45) is 0 Å². The molecule has 1 aromatic rings. The van der Waals surface area contributed by atoms with Gasteiger partial charge in [-0.15, -0.1) is 0 Å². The van der Waals surface area contributed by atoms with Gasteiger partial charge in [-0.25, -0.2) is 4.79 Å². The topological polar surface area (TPSA) is 83.1 Å². The molecule has 0 fully saturated rings. The third-order valence-corrected chi connectivity index (χ3v) is 2.18. The summed E-state index contributed by atoms with van der Waals surface area (Å²) < 4.78 is 1.45. The summed E-state index contributed by atoms with van der Waals surface area (Å²) in [7, 11) is 0. The fourth-order valence-corrected chi connectivity index (χ4v) is 1.31. The number of aromatic carboxylic acids is 1. The van der Waals surface area contributed by atoms with E-state index in [1.54, 1.807) is 0 Å². The lowest BCUT2D eigenvalue weighted by atomic mass is 10.2. The lowest BCUT2D eigenvalue weighted by molar-refractivity contribution is 0.0696. The first kappa shape index (κ1) is 12.0. The highest BCUT2D eigenvalue weighted by atomic mass is 16.4. The van der Waals surface area contributed by atoms with E-state index in [1.165, 1.54) is 16.8 Å². The van der Waals surface area contributed by atoms with E-state index in [-0.39, 0.29) is 11.1 Å². The quantitative estimate of drug-likeness (QED) is 0.757. The fourth-order valence-electron chi connectivity index (χ4n) is 1.31. The minimum atomic E-state index is -1.10. The smallest absolute Gasteiger partial charge is 0.335 e. The van der Waals surface area contributed by atoms with Gasteiger partial charge in [0.1, 0.15) is 0 Å². The molecule has 0 saturated carbocycles. The van der Waals surface area contributed by atoms with E-state index in [4.69, 9.17) is 10.4 Å². The number of aromatic nitrogens is 1. The molecule has 5 heteroatoms. The van der Waals surface area contributed by atoms with Gasteiger partial charge >= 0.3 is 5.97 Å². The molecule has 0 unspecified atom stereocenters. The summed E-state index contributed by atoms with van der Waals surface area (Å²) in [6.07, 6.45) is 3.42. The number of nitrogens with zero attached hydrogens (tertiary/aromatic N) is 2. The standard InChI is InChI=1S/C11H12N2O3/c12-5-2-1-3-6-13-7-4-9(11(15)16)8-10(13)14/h4,7-8H,1-3,6H2,(H,15,16). The van der Waals surface area contributed by atoms with Crippen LogP contribution in [-0.2, 0) is 6.54 Å². The minimum absolute atomic E-state index is 0.00160. The van der Waals surface area contributed by atoms with E-state index in [0.29, 0.717) is 13.0 Å². The van der Waals surface area contributed by atoms with Crippen molar-refractivity contribution >= 4 is 5.97 Å². The van der Waals surface area contributed by atoms with Gasteiger partial charge in [0.25, 0.3) is 5.56 Å². The molecule has 0 aromatic carbocycles. The second-order valence-corrected chi connectivity index (χ2v) is 3.37. The highest BCUT2D eigenvalue weighted by Crippen LogP contribution is 1.98. The van der Waals surface area contributed by atoms with Crippen LogP contribution in [0.4, 0.5) is 0 Å². The van der Waals surface area contributed by atoms with Gasteiger partial charge in [0.2, 0.25) is 0 Å². The zero-order chi connectivity index (χ0) is 12.0. The summed E-state index contributed by atoms with van der Waals surface area (Å²) >= 11 is 0. The predicted octanol–water partition coefficient (Wildman–Crippen LogP) is 1.24. The molecule has 1 aromatic heterocycles. The van der Waals surface area contributed by atoms with Crippen LogP contribution < -0.4 is 5.56 Å². The number of hydrogen-bond donors (Lipinski definition) is 1. The van der Waals surface area contributed by atoms with Crippen molar-refractivity contribution in [3.05, 3.63) is 34.2 Å². The SMILES string of the molecule is N#CCCCCn1ccc(C(=O)O)cc1=O. The molecule has 1 N–H and O–H groups in total. The maximum Gasteiger partial charge on any atom is 0.335 e. The van der Waals surface area contributed by atoms with Crippen LogP contribution >= 0.6 is 0 Å². The van der Waals surface area contributed by atoms with Crippen LogP contribution in [0.2, 0.25) is 0 Å². The van der Waals surface area contributed by atoms with Crippen LogP contribution in [0.5, 0.6) is 0 Å². The summed E-state index contributed by atoms with van der Waals surface area (Å²) in [6, 6.07) is 4.53. The van der Waals surface area contributed by atoms with Crippen LogP contribution in [0.3, 0.4) is 0 Å². The van der Waals surface area contributed by atoms with Gasteiger partial charge in [-0.3, -0.25) is 4.79 Å². The number of nitriles is 1. The molecule has 0 aliphatic heterocycles. The second-order valence-electron chi connectivity index (χ2n) is 3.37. The normalized spacial score (nSPS) is 9.69. The van der Waals surface area contributed by atoms with Crippen LogP contribution in [0, 0.1) is 11.3 Å². The lowest BCUT2D eigenvalue weighted by Gasteiger charge is -2.04. The molecule has 0 aliphatic carbocycles. The van der Waals surface area contributed by atoms with Crippen molar-refractivity contribution in [2.45, 2.75) is 25.8 Å². The molecule has 0 radical (unpaired) electrons. The number of carboxylic acid groups (broad SMARTS) is 1. The summed E-state index contributed by atoms with van der Waals surface area (Å²) in [5, 5.41) is 17.0. The Balaban J connectivity index is 2.66. The van der Waals surface area contributed by atoms with Crippen molar-refractivity contribution in [1.82, 2.24) is 4.57 Å². The van der Waals surface area contributed by atoms with Gasteiger partial charge in [-0.05, 0) is 18.9 Å². The van der Waals surface area contributed by atoms with E-state index >= 15 is 0 Å². The number of pyridine rings is 1. The molecule has 0 bridgehead atoms. The number of carbonyl (C=O) groups is 1. The largest absolute Gasteiger partial charge is 0.478 e. The third kappa shape index (κ3) is 3.24. The number of carboxylic acids is 1. The van der Waals surface area contributed by atoms with E-state index in [9.17, 15) is 9.59 Å². The van der Waals surface area contributed by atoms with Crippen LogP contribution in [0.1, 0.15) is 29.6 Å². The van der Waals surface area contributed by atoms with Crippen LogP contribution in [0.15, 0.2) is 23.1 Å². The maximum atomic E-state index is 11.4. The van der Waals surface area contributed by atoms with Crippen molar-refractivity contribution in [2.75, 3.05) is 0 Å². The van der Waals surface area contributed by atoms with E-state index in [2.05, 4.69) is 0 Å². The van der Waals surface area contributed by atoms with Crippen LogP contribution in [0.25, 0.3) is 0 Å². The van der Waals surface area contributed by atoms with Gasteiger partial charge in [0, 0.05) is 25.2 Å². The van der Waals surface area contributed by atoms with Gasteiger partial charge in [-0.2, -0.15) is 5.26 Å². The number of unbranched alkanes of at least 4 members (excludes halogenated alkanes) is 2. The van der Waals surface area contributed by atoms with Crippen LogP contribution in [-0.4, -0.2) is 15.6 Å². The molecule has 84 valence electrons. The summed E-state index contributed by atoms with van der Waals surface area (Å²) in [5.74, 6) is -1.10. The Kier molecular flexibility index (Phi) is 4.28. The van der Waals surface area contributed by atoms with Gasteiger partial charge in [0.05, 0.1) is 11.6 Å². The monoisotopic (exact) mass is 220 g/mol. The zero-order valence-corrected chi connectivity index (χ0v) is 8.72. The van der Waals surface area contributed by atoms with E-state index < -0.39 is 5.97 Å². The Hall–Kier alpha value is -2.09. The first-order valence-electron chi connectivity index (χ1n) is 4.96. The first-order valence-corrected chi connectivity index (χ1v) is 4.96. The van der Waals surface area contributed by atoms with Gasteiger partial charge in [-0.1, -0.05) is 0 Å². The molecular weight excluding hydrogens is 208 g/mol. The first-order chi connectivity index (χ1) is 7.65. The molecule has 0 aliphatic rings. The number of aryl methyl sites for hydroxylation is 1. The Morgan fingerprint density at radius 1 is 1.50 bits per heavy atom.